The van der Waals surface area contributed by atoms with Gasteiger partial charge in [0.15, 0.2) is 11.5 Å². The van der Waals surface area contributed by atoms with Crippen LogP contribution in [0.4, 0.5) is 11.4 Å². The SMILES string of the molecule is Nc1cc(C(=O)NCCO)ccc1NC(/C=C\C(O)c1ccc2c(c1)OCO2)C(=O)N1CCCCC1. The Hall–Kier alpha value is -3.76. The number of nitrogens with two attached hydrogens (primary N) is 1. The molecule has 0 saturated carbocycles. The molecule has 2 heterocycles. The van der Waals surface area contributed by atoms with E-state index in [0.29, 0.717) is 47.1 Å². The first kappa shape index (κ1) is 25.3. The molecule has 0 spiro atoms. The minimum Gasteiger partial charge on any atom is -0.454 e. The molecule has 0 aliphatic carbocycles. The Balaban J connectivity index is 1.52. The third-order valence-corrected chi connectivity index (χ3v) is 6.18. The number of likely N-dealkylation sites (tertiary alicyclic amines) is 1. The van der Waals surface area contributed by atoms with Gasteiger partial charge in [-0.15, -0.1) is 0 Å². The van der Waals surface area contributed by atoms with E-state index in [2.05, 4.69) is 10.6 Å². The number of nitrogens with one attached hydrogen (secondary N) is 2. The van der Waals surface area contributed by atoms with Crippen LogP contribution in [0.25, 0.3) is 0 Å². The van der Waals surface area contributed by atoms with E-state index in [-0.39, 0.29) is 31.8 Å². The summed E-state index contributed by atoms with van der Waals surface area (Å²) in [6.45, 7) is 1.47. The molecular weight excluding hydrogens is 464 g/mol. The number of carbonyl (C=O) groups excluding carboxylic acids is 2. The summed E-state index contributed by atoms with van der Waals surface area (Å²) in [6, 6.07) is 9.18. The summed E-state index contributed by atoms with van der Waals surface area (Å²) >= 11 is 0. The Morgan fingerprint density at radius 3 is 2.58 bits per heavy atom. The van der Waals surface area contributed by atoms with E-state index < -0.39 is 12.1 Å². The number of ether oxygens (including phenoxy) is 2. The van der Waals surface area contributed by atoms with E-state index in [1.165, 1.54) is 6.07 Å². The van der Waals surface area contributed by atoms with Crippen molar-refractivity contribution >= 4 is 23.2 Å². The zero-order valence-corrected chi connectivity index (χ0v) is 20.0. The predicted octanol–water partition coefficient (Wildman–Crippen LogP) is 1.80. The molecule has 1 saturated heterocycles. The molecule has 2 aliphatic rings. The predicted molar refractivity (Wildman–Crippen MR) is 135 cm³/mol. The molecule has 2 atom stereocenters. The van der Waals surface area contributed by atoms with Crippen molar-refractivity contribution in [1.29, 1.82) is 0 Å². The van der Waals surface area contributed by atoms with E-state index in [1.807, 2.05) is 4.90 Å². The fourth-order valence-corrected chi connectivity index (χ4v) is 4.20. The summed E-state index contributed by atoms with van der Waals surface area (Å²) in [6.07, 6.45) is 5.21. The molecule has 192 valence electrons. The van der Waals surface area contributed by atoms with Crippen molar-refractivity contribution < 1.29 is 29.3 Å². The van der Waals surface area contributed by atoms with Gasteiger partial charge < -0.3 is 41.0 Å². The lowest BCUT2D eigenvalue weighted by Crippen LogP contribution is -2.44. The van der Waals surface area contributed by atoms with Crippen LogP contribution in [0, 0.1) is 0 Å². The molecular formula is C26H32N4O6. The van der Waals surface area contributed by atoms with Crippen LogP contribution in [-0.4, -0.2) is 66.0 Å². The van der Waals surface area contributed by atoms with Gasteiger partial charge >= 0.3 is 0 Å². The maximum Gasteiger partial charge on any atom is 0.251 e. The molecule has 2 unspecified atom stereocenters. The lowest BCUT2D eigenvalue weighted by molar-refractivity contribution is -0.131. The van der Waals surface area contributed by atoms with Crippen LogP contribution >= 0.6 is 0 Å². The van der Waals surface area contributed by atoms with Gasteiger partial charge in [-0.1, -0.05) is 18.2 Å². The second-order valence-electron chi connectivity index (χ2n) is 8.73. The molecule has 6 N–H and O–H groups in total. The highest BCUT2D eigenvalue weighted by atomic mass is 16.7. The highest BCUT2D eigenvalue weighted by molar-refractivity contribution is 5.96. The standard InChI is InChI=1S/C26H32N4O6/c27-19-14-18(25(33)28-10-13-31)4-6-20(19)29-21(26(34)30-11-2-1-3-12-30)7-8-22(32)17-5-9-23-24(15-17)36-16-35-23/h4-9,14-15,21-22,29,31-32H,1-3,10-13,16,27H2,(H,28,33)/b8-7-. The van der Waals surface area contributed by atoms with Crippen molar-refractivity contribution in [3.05, 3.63) is 59.7 Å². The third kappa shape index (κ3) is 6.07. The summed E-state index contributed by atoms with van der Waals surface area (Å²) in [5.74, 6) is 0.719. The highest BCUT2D eigenvalue weighted by Crippen LogP contribution is 2.34. The Morgan fingerprint density at radius 1 is 1.06 bits per heavy atom. The second kappa shape index (κ2) is 11.8. The van der Waals surface area contributed by atoms with Gasteiger partial charge in [0.05, 0.1) is 24.1 Å². The van der Waals surface area contributed by atoms with Gasteiger partial charge in [-0.2, -0.15) is 0 Å². The van der Waals surface area contributed by atoms with E-state index in [1.54, 1.807) is 42.5 Å². The van der Waals surface area contributed by atoms with Crippen molar-refractivity contribution in [2.24, 2.45) is 0 Å². The summed E-state index contributed by atoms with van der Waals surface area (Å²) in [4.78, 5) is 27.4. The number of benzene rings is 2. The second-order valence-corrected chi connectivity index (χ2v) is 8.73. The molecule has 4 rings (SSSR count). The number of anilines is 2. The first-order valence-corrected chi connectivity index (χ1v) is 12.1. The molecule has 1 fully saturated rings. The van der Waals surface area contributed by atoms with Gasteiger partial charge in [0.1, 0.15) is 6.04 Å². The van der Waals surface area contributed by atoms with Crippen LogP contribution in [0.15, 0.2) is 48.6 Å². The molecule has 0 aromatic heterocycles. The fraction of sp³-hybridized carbons (Fsp3) is 0.385. The summed E-state index contributed by atoms with van der Waals surface area (Å²) in [5.41, 5.74) is 7.94. The molecule has 2 aromatic carbocycles. The van der Waals surface area contributed by atoms with Crippen LogP contribution in [-0.2, 0) is 4.79 Å². The highest BCUT2D eigenvalue weighted by Gasteiger charge is 2.25. The Labute approximate surface area is 209 Å². The number of hydrogen-bond donors (Lipinski definition) is 5. The number of piperidine rings is 1. The maximum atomic E-state index is 13.4. The number of carbonyl (C=O) groups is 2. The lowest BCUT2D eigenvalue weighted by Gasteiger charge is -2.30. The number of nitrogens with zero attached hydrogens (tertiary/aromatic N) is 1. The van der Waals surface area contributed by atoms with E-state index in [9.17, 15) is 14.7 Å². The molecule has 10 nitrogen and oxygen atoms in total. The first-order valence-electron chi connectivity index (χ1n) is 12.1. The van der Waals surface area contributed by atoms with E-state index in [4.69, 9.17) is 20.3 Å². The van der Waals surface area contributed by atoms with Crippen LogP contribution in [0.5, 0.6) is 11.5 Å². The zero-order chi connectivity index (χ0) is 25.5. The van der Waals surface area contributed by atoms with Crippen molar-refractivity contribution in [3.8, 4) is 11.5 Å². The molecule has 2 aliphatic heterocycles. The number of rotatable bonds is 9. The van der Waals surface area contributed by atoms with Crippen LogP contribution < -0.4 is 25.8 Å². The first-order chi connectivity index (χ1) is 17.5. The maximum absolute atomic E-state index is 13.4. The van der Waals surface area contributed by atoms with E-state index in [0.717, 1.165) is 19.3 Å². The Morgan fingerprint density at radius 2 is 1.83 bits per heavy atom. The van der Waals surface area contributed by atoms with Gasteiger partial charge in [-0.25, -0.2) is 0 Å². The van der Waals surface area contributed by atoms with E-state index >= 15 is 0 Å². The lowest BCUT2D eigenvalue weighted by atomic mass is 10.1. The normalized spacial score (nSPS) is 16.6. The topological polar surface area (TPSA) is 146 Å². The number of aliphatic hydroxyl groups is 2. The summed E-state index contributed by atoms with van der Waals surface area (Å²) < 4.78 is 10.7. The smallest absolute Gasteiger partial charge is 0.251 e. The largest absolute Gasteiger partial charge is 0.454 e. The van der Waals surface area contributed by atoms with Crippen LogP contribution in [0.3, 0.4) is 0 Å². The van der Waals surface area contributed by atoms with Gasteiger partial charge in [0.2, 0.25) is 12.7 Å². The zero-order valence-electron chi connectivity index (χ0n) is 20.0. The molecule has 10 heteroatoms. The van der Waals surface area contributed by atoms with Crippen molar-refractivity contribution in [2.45, 2.75) is 31.4 Å². The number of amides is 2. The number of fused-ring (bicyclic) bond motifs is 1. The number of hydrogen-bond acceptors (Lipinski definition) is 8. The van der Waals surface area contributed by atoms with Crippen molar-refractivity contribution in [3.63, 3.8) is 0 Å². The summed E-state index contributed by atoms with van der Waals surface area (Å²) in [7, 11) is 0. The quantitative estimate of drug-likeness (QED) is 0.261. The van der Waals surface area contributed by atoms with Gasteiger partial charge in [-0.3, -0.25) is 9.59 Å². The molecule has 0 bridgehead atoms. The Bertz CT molecular complexity index is 1120. The summed E-state index contributed by atoms with van der Waals surface area (Å²) in [5, 5.41) is 25.4. The number of aliphatic hydroxyl groups excluding tert-OH is 2. The molecule has 0 radical (unpaired) electrons. The average molecular weight is 497 g/mol. The molecule has 2 aromatic rings. The average Bonchev–Trinajstić information content (AvgIpc) is 3.38. The monoisotopic (exact) mass is 496 g/mol. The fourth-order valence-electron chi connectivity index (χ4n) is 4.20. The van der Waals surface area contributed by atoms with Crippen molar-refractivity contribution in [2.75, 3.05) is 44.1 Å². The molecule has 2 amide bonds. The van der Waals surface area contributed by atoms with Crippen LogP contribution in [0.2, 0.25) is 0 Å². The third-order valence-electron chi connectivity index (χ3n) is 6.18. The Kier molecular flexibility index (Phi) is 8.29. The van der Waals surface area contributed by atoms with Gasteiger partial charge in [0.25, 0.3) is 5.91 Å². The van der Waals surface area contributed by atoms with Gasteiger partial charge in [-0.05, 0) is 55.2 Å². The van der Waals surface area contributed by atoms with Crippen LogP contribution in [0.1, 0.15) is 41.3 Å². The molecule has 36 heavy (non-hydrogen) atoms. The van der Waals surface area contributed by atoms with Gasteiger partial charge in [0, 0.05) is 25.2 Å². The van der Waals surface area contributed by atoms with Crippen molar-refractivity contribution in [1.82, 2.24) is 10.2 Å². The minimum absolute atomic E-state index is 0.118. The number of nitrogen functional groups attached to an aromatic ring is 1. The minimum atomic E-state index is -0.965.